The van der Waals surface area contributed by atoms with Crippen molar-refractivity contribution in [1.82, 2.24) is 4.90 Å². The van der Waals surface area contributed by atoms with E-state index in [9.17, 15) is 4.79 Å². The molecule has 0 saturated carbocycles. The van der Waals surface area contributed by atoms with Crippen LogP contribution in [0.4, 0.5) is 0 Å². The molecule has 1 aliphatic heterocycles. The molecule has 1 heterocycles. The van der Waals surface area contributed by atoms with E-state index in [1.54, 1.807) is 33.1 Å². The average Bonchev–Trinajstić information content (AvgIpc) is 2.55. The monoisotopic (exact) mass is 339 g/mol. The Balaban J connectivity index is 2.46. The van der Waals surface area contributed by atoms with Gasteiger partial charge in [0, 0.05) is 30.3 Å². The fraction of sp³-hybridized carbons (Fsp3) is 0.588. The van der Waals surface area contributed by atoms with Crippen molar-refractivity contribution in [1.29, 1.82) is 0 Å². The Morgan fingerprint density at radius 2 is 1.74 bits per heavy atom. The molecule has 0 spiro atoms. The number of carbonyl (C=O) groups is 1. The molecule has 1 aromatic rings. The molecule has 6 heteroatoms. The van der Waals surface area contributed by atoms with Crippen LogP contribution in [0.1, 0.15) is 31.2 Å². The van der Waals surface area contributed by atoms with Gasteiger partial charge in [-0.2, -0.15) is 0 Å². The fourth-order valence-electron chi connectivity index (χ4n) is 2.72. The van der Waals surface area contributed by atoms with Crippen LogP contribution in [0.5, 0.6) is 17.2 Å². The number of thioether (sulfide) groups is 1. The highest BCUT2D eigenvalue weighted by Gasteiger charge is 2.33. The van der Waals surface area contributed by atoms with E-state index in [4.69, 9.17) is 14.2 Å². The first-order valence-corrected chi connectivity index (χ1v) is 8.77. The zero-order valence-corrected chi connectivity index (χ0v) is 15.2. The summed E-state index contributed by atoms with van der Waals surface area (Å²) in [6.45, 7) is 4.97. The van der Waals surface area contributed by atoms with E-state index in [1.807, 2.05) is 17.0 Å². The van der Waals surface area contributed by atoms with Crippen LogP contribution in [0.25, 0.3) is 0 Å². The van der Waals surface area contributed by atoms with Gasteiger partial charge in [0.25, 0.3) is 0 Å². The van der Waals surface area contributed by atoms with Gasteiger partial charge in [0.1, 0.15) is 11.1 Å². The molecule has 0 aromatic heterocycles. The second-order valence-electron chi connectivity index (χ2n) is 5.86. The molecule has 2 rings (SSSR count). The van der Waals surface area contributed by atoms with Crippen molar-refractivity contribution in [2.24, 2.45) is 5.92 Å². The number of methoxy groups -OCH3 is 3. The van der Waals surface area contributed by atoms with Crippen molar-refractivity contribution in [3.05, 3.63) is 17.7 Å². The molecule has 1 saturated heterocycles. The number of amides is 1. The van der Waals surface area contributed by atoms with Gasteiger partial charge < -0.3 is 19.1 Å². The molecule has 0 radical (unpaired) electrons. The molecule has 128 valence electrons. The van der Waals surface area contributed by atoms with E-state index in [-0.39, 0.29) is 11.3 Å². The topological polar surface area (TPSA) is 48.0 Å². The largest absolute Gasteiger partial charge is 0.496 e. The van der Waals surface area contributed by atoms with Gasteiger partial charge >= 0.3 is 0 Å². The van der Waals surface area contributed by atoms with Crippen LogP contribution < -0.4 is 14.2 Å². The lowest BCUT2D eigenvalue weighted by Crippen LogP contribution is -2.39. The lowest BCUT2D eigenvalue weighted by atomic mass is 10.1. The number of nitrogens with zero attached hydrogens (tertiary/aromatic N) is 1. The zero-order chi connectivity index (χ0) is 17.0. The van der Waals surface area contributed by atoms with E-state index < -0.39 is 0 Å². The molecular weight excluding hydrogens is 314 g/mol. The van der Waals surface area contributed by atoms with E-state index in [0.717, 1.165) is 17.9 Å². The smallest absolute Gasteiger partial charge is 0.224 e. The molecular formula is C17H25NO4S. The Labute approximate surface area is 142 Å². The van der Waals surface area contributed by atoms with Crippen molar-refractivity contribution in [3.63, 3.8) is 0 Å². The van der Waals surface area contributed by atoms with E-state index >= 15 is 0 Å². The summed E-state index contributed by atoms with van der Waals surface area (Å²) in [7, 11) is 4.84. The number of rotatable bonds is 6. The summed E-state index contributed by atoms with van der Waals surface area (Å²) in [4.78, 5) is 14.4. The first-order valence-electron chi connectivity index (χ1n) is 7.72. The molecule has 1 atom stereocenters. The van der Waals surface area contributed by atoms with Gasteiger partial charge in [-0.3, -0.25) is 4.79 Å². The second kappa shape index (κ2) is 7.81. The standard InChI is InChI=1S/C17H25NO4S/c1-11(2)10-18-16(19)6-7-23-17(18)12-8-14(21-4)15(22-5)9-13(12)20-3/h8-9,11,17H,6-7,10H2,1-5H3. The number of carbonyl (C=O) groups excluding carboxylic acids is 1. The highest BCUT2D eigenvalue weighted by atomic mass is 32.2. The molecule has 0 N–H and O–H groups in total. The molecule has 1 fully saturated rings. The Hall–Kier alpha value is -1.56. The van der Waals surface area contributed by atoms with Crippen LogP contribution in [0.3, 0.4) is 0 Å². The van der Waals surface area contributed by atoms with Crippen molar-refractivity contribution in [2.75, 3.05) is 33.6 Å². The highest BCUT2D eigenvalue weighted by molar-refractivity contribution is 7.99. The SMILES string of the molecule is COc1cc(OC)c(C2SCCC(=O)N2CC(C)C)cc1OC. The summed E-state index contributed by atoms with van der Waals surface area (Å²) in [5.41, 5.74) is 0.948. The van der Waals surface area contributed by atoms with Gasteiger partial charge in [-0.15, -0.1) is 11.8 Å². The molecule has 0 bridgehead atoms. The molecule has 1 unspecified atom stereocenters. The lowest BCUT2D eigenvalue weighted by Gasteiger charge is -2.37. The lowest BCUT2D eigenvalue weighted by molar-refractivity contribution is -0.132. The quantitative estimate of drug-likeness (QED) is 0.795. The summed E-state index contributed by atoms with van der Waals surface area (Å²) in [6.07, 6.45) is 0.587. The van der Waals surface area contributed by atoms with Crippen molar-refractivity contribution < 1.29 is 19.0 Å². The van der Waals surface area contributed by atoms with Crippen molar-refractivity contribution >= 4 is 17.7 Å². The van der Waals surface area contributed by atoms with Gasteiger partial charge in [0.15, 0.2) is 11.5 Å². The minimum Gasteiger partial charge on any atom is -0.496 e. The maximum absolute atomic E-state index is 12.4. The van der Waals surface area contributed by atoms with Crippen molar-refractivity contribution in [3.8, 4) is 17.2 Å². The first-order chi connectivity index (χ1) is 11.0. The predicted octanol–water partition coefficient (Wildman–Crippen LogP) is 3.33. The summed E-state index contributed by atoms with van der Waals surface area (Å²) >= 11 is 1.76. The van der Waals surface area contributed by atoms with Gasteiger partial charge in [0.05, 0.1) is 21.3 Å². The number of hydrogen-bond donors (Lipinski definition) is 0. The van der Waals surface area contributed by atoms with E-state index in [0.29, 0.717) is 29.6 Å². The summed E-state index contributed by atoms with van der Waals surface area (Å²) in [5, 5.41) is -0.0617. The van der Waals surface area contributed by atoms with E-state index in [1.165, 1.54) is 0 Å². The number of benzene rings is 1. The molecule has 23 heavy (non-hydrogen) atoms. The van der Waals surface area contributed by atoms with Gasteiger partial charge in [0.2, 0.25) is 5.91 Å². The summed E-state index contributed by atoms with van der Waals surface area (Å²) < 4.78 is 16.3. The van der Waals surface area contributed by atoms with Gasteiger partial charge in [-0.1, -0.05) is 13.8 Å². The Morgan fingerprint density at radius 3 is 2.30 bits per heavy atom. The third kappa shape index (κ3) is 3.86. The average molecular weight is 339 g/mol. The molecule has 0 aliphatic carbocycles. The predicted molar refractivity (Wildman–Crippen MR) is 92.5 cm³/mol. The number of hydrogen-bond acceptors (Lipinski definition) is 5. The Morgan fingerprint density at radius 1 is 1.13 bits per heavy atom. The van der Waals surface area contributed by atoms with E-state index in [2.05, 4.69) is 13.8 Å². The molecule has 5 nitrogen and oxygen atoms in total. The highest BCUT2D eigenvalue weighted by Crippen LogP contribution is 2.45. The minimum atomic E-state index is -0.0617. The molecule has 1 aromatic carbocycles. The normalized spacial score (nSPS) is 18.3. The van der Waals surface area contributed by atoms with Crippen LogP contribution in [-0.4, -0.2) is 44.4 Å². The van der Waals surface area contributed by atoms with Crippen LogP contribution in [0, 0.1) is 5.92 Å². The zero-order valence-electron chi connectivity index (χ0n) is 14.4. The first kappa shape index (κ1) is 17.8. The Kier molecular flexibility index (Phi) is 6.04. The summed E-state index contributed by atoms with van der Waals surface area (Å²) in [5.74, 6) is 3.39. The second-order valence-corrected chi connectivity index (χ2v) is 7.05. The van der Waals surface area contributed by atoms with Crippen molar-refractivity contribution in [2.45, 2.75) is 25.6 Å². The maximum atomic E-state index is 12.4. The minimum absolute atomic E-state index is 0.0617. The van der Waals surface area contributed by atoms with Crippen LogP contribution in [0.2, 0.25) is 0 Å². The Bertz CT molecular complexity index is 562. The van der Waals surface area contributed by atoms with Crippen LogP contribution >= 0.6 is 11.8 Å². The third-order valence-electron chi connectivity index (χ3n) is 3.76. The third-order valence-corrected chi connectivity index (χ3v) is 5.02. The van der Waals surface area contributed by atoms with Crippen LogP contribution in [0.15, 0.2) is 12.1 Å². The maximum Gasteiger partial charge on any atom is 0.224 e. The molecule has 1 amide bonds. The summed E-state index contributed by atoms with van der Waals surface area (Å²) in [6, 6.07) is 3.74. The molecule has 1 aliphatic rings. The van der Waals surface area contributed by atoms with Crippen LogP contribution in [-0.2, 0) is 4.79 Å². The number of ether oxygens (including phenoxy) is 3. The van der Waals surface area contributed by atoms with Gasteiger partial charge in [-0.05, 0) is 12.0 Å². The fourth-order valence-corrected chi connectivity index (χ4v) is 3.98. The van der Waals surface area contributed by atoms with Gasteiger partial charge in [-0.25, -0.2) is 0 Å².